The Hall–Kier alpha value is -3.38. The van der Waals surface area contributed by atoms with E-state index in [0.717, 1.165) is 11.1 Å². The molecule has 0 unspecified atom stereocenters. The van der Waals surface area contributed by atoms with Crippen LogP contribution < -0.4 is 9.47 Å². The highest BCUT2D eigenvalue weighted by molar-refractivity contribution is 6.31. The quantitative estimate of drug-likeness (QED) is 0.621. The number of fused-ring (bicyclic) bond motifs is 3. The van der Waals surface area contributed by atoms with Crippen molar-refractivity contribution in [2.75, 3.05) is 7.11 Å². The molecule has 0 bridgehead atoms. The lowest BCUT2D eigenvalue weighted by Gasteiger charge is -2.38. The molecule has 2 N–H and O–H groups in total. The van der Waals surface area contributed by atoms with Crippen LogP contribution in [0.25, 0.3) is 0 Å². The topological polar surface area (TPSA) is 74.5 Å². The van der Waals surface area contributed by atoms with Crippen LogP contribution in [0, 0.1) is 0 Å². The van der Waals surface area contributed by atoms with Crippen molar-refractivity contribution < 1.29 is 19.7 Å². The maximum Gasteiger partial charge on any atom is 0.214 e. The summed E-state index contributed by atoms with van der Waals surface area (Å²) >= 11 is 6.16. The number of ether oxygens (including phenoxy) is 2. The molecule has 0 saturated carbocycles. The van der Waals surface area contributed by atoms with Crippen molar-refractivity contribution in [2.45, 2.75) is 18.7 Å². The van der Waals surface area contributed by atoms with E-state index in [2.05, 4.69) is 0 Å². The van der Waals surface area contributed by atoms with Crippen LogP contribution in [0.4, 0.5) is 0 Å². The molecule has 0 amide bonds. The van der Waals surface area contributed by atoms with Crippen molar-refractivity contribution in [3.8, 4) is 23.0 Å². The second kappa shape index (κ2) is 7.15. The van der Waals surface area contributed by atoms with Gasteiger partial charge in [0.15, 0.2) is 11.5 Å². The van der Waals surface area contributed by atoms with Gasteiger partial charge in [-0.3, -0.25) is 0 Å². The number of benzene rings is 3. The van der Waals surface area contributed by atoms with Crippen LogP contribution in [0.2, 0.25) is 5.02 Å². The molecule has 152 valence electrons. The molecular weight excluding hydrogens is 404 g/mol. The van der Waals surface area contributed by atoms with Crippen molar-refractivity contribution in [1.82, 2.24) is 5.01 Å². The lowest BCUT2D eigenvalue weighted by molar-refractivity contribution is -0.0210. The first kappa shape index (κ1) is 18.6. The molecule has 30 heavy (non-hydrogen) atoms. The first-order chi connectivity index (χ1) is 14.5. The summed E-state index contributed by atoms with van der Waals surface area (Å²) in [5.74, 6) is 1.56. The van der Waals surface area contributed by atoms with Crippen LogP contribution in [0.15, 0.2) is 65.8 Å². The normalized spacial score (nSPS) is 19.5. The Morgan fingerprint density at radius 3 is 2.73 bits per heavy atom. The summed E-state index contributed by atoms with van der Waals surface area (Å²) in [6.45, 7) is 0. The zero-order valence-electron chi connectivity index (χ0n) is 16.1. The van der Waals surface area contributed by atoms with E-state index in [4.69, 9.17) is 26.2 Å². The van der Waals surface area contributed by atoms with Crippen LogP contribution >= 0.6 is 11.6 Å². The lowest BCUT2D eigenvalue weighted by Crippen LogP contribution is -2.33. The average molecular weight is 423 g/mol. The molecule has 0 saturated heterocycles. The van der Waals surface area contributed by atoms with E-state index in [1.54, 1.807) is 43.5 Å². The maximum atomic E-state index is 10.4. The highest BCUT2D eigenvalue weighted by Gasteiger charge is 2.42. The Morgan fingerprint density at radius 2 is 1.93 bits per heavy atom. The molecule has 0 radical (unpaired) electrons. The second-order valence-electron chi connectivity index (χ2n) is 7.25. The summed E-state index contributed by atoms with van der Waals surface area (Å²) < 4.78 is 11.9. The molecule has 7 heteroatoms. The highest BCUT2D eigenvalue weighted by Crippen LogP contribution is 2.51. The van der Waals surface area contributed by atoms with E-state index in [1.165, 1.54) is 0 Å². The maximum absolute atomic E-state index is 10.4. The first-order valence-corrected chi connectivity index (χ1v) is 9.90. The summed E-state index contributed by atoms with van der Waals surface area (Å²) in [4.78, 5) is 0. The van der Waals surface area contributed by atoms with Crippen molar-refractivity contribution >= 4 is 17.3 Å². The Labute approximate surface area is 178 Å². The summed E-state index contributed by atoms with van der Waals surface area (Å²) in [6.07, 6.45) is -0.00282. The third-order valence-electron chi connectivity index (χ3n) is 5.43. The lowest BCUT2D eigenvalue weighted by atomic mass is 9.95. The number of phenols is 2. The SMILES string of the molecule is COc1cccc2c1O[C@@H](c1cccc(O)c1)N1N=C(c3cc(Cl)ccc3O)C[C@H]21. The summed E-state index contributed by atoms with van der Waals surface area (Å²) in [6, 6.07) is 17.5. The number of para-hydroxylation sites is 1. The number of hydrogen-bond acceptors (Lipinski definition) is 6. The monoisotopic (exact) mass is 422 g/mol. The van der Waals surface area contributed by atoms with Gasteiger partial charge in [0.05, 0.1) is 18.9 Å². The molecular formula is C23H19ClN2O4. The second-order valence-corrected chi connectivity index (χ2v) is 7.69. The number of hydrogen-bond donors (Lipinski definition) is 2. The minimum atomic E-state index is -0.565. The number of nitrogens with zero attached hydrogens (tertiary/aromatic N) is 2. The van der Waals surface area contributed by atoms with E-state index in [0.29, 0.717) is 34.2 Å². The number of hydrazone groups is 1. The van der Waals surface area contributed by atoms with Gasteiger partial charge in [-0.05, 0) is 36.4 Å². The van der Waals surface area contributed by atoms with Gasteiger partial charge in [0.2, 0.25) is 6.23 Å². The fourth-order valence-electron chi connectivity index (χ4n) is 4.05. The molecule has 2 atom stereocenters. The van der Waals surface area contributed by atoms with Crippen LogP contribution in [-0.2, 0) is 0 Å². The van der Waals surface area contributed by atoms with Crippen LogP contribution in [-0.4, -0.2) is 28.0 Å². The van der Waals surface area contributed by atoms with E-state index < -0.39 is 6.23 Å². The minimum Gasteiger partial charge on any atom is -0.508 e. The van der Waals surface area contributed by atoms with E-state index in [9.17, 15) is 10.2 Å². The molecule has 0 aliphatic carbocycles. The fraction of sp³-hybridized carbons (Fsp3) is 0.174. The Morgan fingerprint density at radius 1 is 1.10 bits per heavy atom. The van der Waals surface area contributed by atoms with E-state index in [-0.39, 0.29) is 17.5 Å². The molecule has 2 aliphatic heterocycles. The van der Waals surface area contributed by atoms with Crippen LogP contribution in [0.5, 0.6) is 23.0 Å². The standard InChI is InChI=1S/C23H19ClN2O4/c1-29-21-7-3-6-16-19-12-18(17-11-14(24)8-9-20(17)28)25-26(19)23(30-22(16)21)13-4-2-5-15(27)10-13/h2-11,19,23,27-28H,12H2,1H3/t19-,23+/m1/s1. The highest BCUT2D eigenvalue weighted by atomic mass is 35.5. The molecule has 0 fully saturated rings. The van der Waals surface area contributed by atoms with Crippen molar-refractivity contribution in [2.24, 2.45) is 5.10 Å². The number of phenolic OH excluding ortho intramolecular Hbond substituents is 2. The fourth-order valence-corrected chi connectivity index (χ4v) is 4.22. The number of aromatic hydroxyl groups is 2. The van der Waals surface area contributed by atoms with E-state index in [1.807, 2.05) is 29.3 Å². The zero-order valence-corrected chi connectivity index (χ0v) is 16.9. The largest absolute Gasteiger partial charge is 0.508 e. The van der Waals surface area contributed by atoms with Gasteiger partial charge in [-0.2, -0.15) is 5.10 Å². The van der Waals surface area contributed by atoms with Gasteiger partial charge in [0.25, 0.3) is 0 Å². The number of rotatable bonds is 3. The predicted octanol–water partition coefficient (Wildman–Crippen LogP) is 5.00. The van der Waals surface area contributed by atoms with Crippen molar-refractivity contribution in [1.29, 1.82) is 0 Å². The molecule has 3 aromatic rings. The van der Waals surface area contributed by atoms with Crippen LogP contribution in [0.1, 0.15) is 35.4 Å². The van der Waals surface area contributed by atoms with Gasteiger partial charge in [0, 0.05) is 28.1 Å². The van der Waals surface area contributed by atoms with Crippen molar-refractivity contribution in [3.05, 3.63) is 82.4 Å². The molecule has 0 spiro atoms. The third-order valence-corrected chi connectivity index (χ3v) is 5.66. The molecule has 2 heterocycles. The number of halogens is 1. The Balaban J connectivity index is 1.65. The molecule has 2 aliphatic rings. The molecule has 5 rings (SSSR count). The third kappa shape index (κ3) is 3.00. The van der Waals surface area contributed by atoms with Gasteiger partial charge in [-0.25, -0.2) is 5.01 Å². The predicted molar refractivity (Wildman–Crippen MR) is 113 cm³/mol. The Bertz CT molecular complexity index is 1160. The van der Waals surface area contributed by atoms with Gasteiger partial charge in [-0.1, -0.05) is 35.9 Å². The summed E-state index contributed by atoms with van der Waals surface area (Å²) in [5.41, 5.74) is 3.02. The Kier molecular flexibility index (Phi) is 4.44. The molecule has 6 nitrogen and oxygen atoms in total. The van der Waals surface area contributed by atoms with Crippen molar-refractivity contribution in [3.63, 3.8) is 0 Å². The smallest absolute Gasteiger partial charge is 0.214 e. The number of methoxy groups -OCH3 is 1. The molecule has 3 aromatic carbocycles. The molecule has 0 aromatic heterocycles. The minimum absolute atomic E-state index is 0.121. The van der Waals surface area contributed by atoms with Gasteiger partial charge in [-0.15, -0.1) is 0 Å². The van der Waals surface area contributed by atoms with Gasteiger partial charge < -0.3 is 19.7 Å². The zero-order chi connectivity index (χ0) is 20.8. The van der Waals surface area contributed by atoms with Gasteiger partial charge in [0.1, 0.15) is 11.5 Å². The first-order valence-electron chi connectivity index (χ1n) is 9.52. The van der Waals surface area contributed by atoms with Gasteiger partial charge >= 0.3 is 0 Å². The van der Waals surface area contributed by atoms with Crippen LogP contribution in [0.3, 0.4) is 0 Å². The summed E-state index contributed by atoms with van der Waals surface area (Å²) in [7, 11) is 1.61. The average Bonchev–Trinajstić information content (AvgIpc) is 3.20. The van der Waals surface area contributed by atoms with E-state index >= 15 is 0 Å². The summed E-state index contributed by atoms with van der Waals surface area (Å²) in [5, 5.41) is 27.6.